The summed E-state index contributed by atoms with van der Waals surface area (Å²) in [6.45, 7) is 8.41. The quantitative estimate of drug-likeness (QED) is 0.447. The van der Waals surface area contributed by atoms with Crippen molar-refractivity contribution in [2.24, 2.45) is 5.92 Å². The minimum absolute atomic E-state index is 0.103. The third kappa shape index (κ3) is 4.06. The van der Waals surface area contributed by atoms with Gasteiger partial charge in [0.05, 0.1) is 22.2 Å². The van der Waals surface area contributed by atoms with Crippen molar-refractivity contribution < 1.29 is 4.39 Å². The van der Waals surface area contributed by atoms with Crippen LogP contribution >= 0.6 is 0 Å². The van der Waals surface area contributed by atoms with Gasteiger partial charge in [-0.15, -0.1) is 0 Å². The van der Waals surface area contributed by atoms with Gasteiger partial charge in [-0.1, -0.05) is 26.8 Å². The van der Waals surface area contributed by atoms with E-state index in [2.05, 4.69) is 51.0 Å². The maximum atomic E-state index is 13.5. The SMILES string of the molecule is CCc1nc2cc(C(C(C)C)N3CCC(c4n[nH]c5cc(F)ccc45)CC3)ccc2[nH]c1=O. The lowest BCUT2D eigenvalue weighted by Crippen LogP contribution is -2.38. The number of halogens is 1. The number of aromatic amines is 2. The Bertz CT molecular complexity index is 1350. The number of benzene rings is 2. The minimum atomic E-state index is -0.243. The molecule has 0 aliphatic carbocycles. The summed E-state index contributed by atoms with van der Waals surface area (Å²) in [7, 11) is 0. The van der Waals surface area contributed by atoms with Gasteiger partial charge < -0.3 is 4.98 Å². The number of H-pyrrole nitrogens is 2. The molecule has 7 heteroatoms. The summed E-state index contributed by atoms with van der Waals surface area (Å²) < 4.78 is 13.5. The van der Waals surface area contributed by atoms with Gasteiger partial charge in [0.1, 0.15) is 11.5 Å². The Kier molecular flexibility index (Phi) is 5.74. The molecule has 0 saturated carbocycles. The molecule has 1 unspecified atom stereocenters. The molecule has 3 heterocycles. The molecule has 4 aromatic rings. The van der Waals surface area contributed by atoms with Crippen molar-refractivity contribution in [1.29, 1.82) is 0 Å². The van der Waals surface area contributed by atoms with E-state index in [1.165, 1.54) is 17.7 Å². The Morgan fingerprint density at radius 2 is 1.91 bits per heavy atom. The Balaban J connectivity index is 1.38. The molecule has 0 bridgehead atoms. The Morgan fingerprint density at radius 1 is 1.12 bits per heavy atom. The smallest absolute Gasteiger partial charge is 0.270 e. The molecule has 5 rings (SSSR count). The molecular formula is C26H30FN5O. The molecule has 1 aliphatic rings. The molecule has 33 heavy (non-hydrogen) atoms. The zero-order valence-corrected chi connectivity index (χ0v) is 19.4. The molecule has 2 aromatic heterocycles. The third-order valence-corrected chi connectivity index (χ3v) is 6.96. The van der Waals surface area contributed by atoms with E-state index < -0.39 is 0 Å². The van der Waals surface area contributed by atoms with Crippen molar-refractivity contribution in [3.05, 3.63) is 69.5 Å². The van der Waals surface area contributed by atoms with Crippen LogP contribution in [0.1, 0.15) is 62.5 Å². The number of nitrogens with zero attached hydrogens (tertiary/aromatic N) is 3. The van der Waals surface area contributed by atoms with Crippen molar-refractivity contribution >= 4 is 21.9 Å². The van der Waals surface area contributed by atoms with Crippen LogP contribution < -0.4 is 5.56 Å². The molecule has 1 fully saturated rings. The lowest BCUT2D eigenvalue weighted by Gasteiger charge is -2.39. The van der Waals surface area contributed by atoms with Crippen LogP contribution in [0.2, 0.25) is 0 Å². The molecule has 1 saturated heterocycles. The minimum Gasteiger partial charge on any atom is -0.319 e. The van der Waals surface area contributed by atoms with Gasteiger partial charge in [-0.05, 0) is 74.2 Å². The zero-order valence-electron chi connectivity index (χ0n) is 19.4. The number of fused-ring (bicyclic) bond motifs is 2. The third-order valence-electron chi connectivity index (χ3n) is 6.96. The van der Waals surface area contributed by atoms with E-state index in [9.17, 15) is 9.18 Å². The first kappa shape index (κ1) is 21.8. The Hall–Kier alpha value is -3.06. The standard InChI is InChI=1S/C26H30FN5O/c1-4-20-26(33)29-21-8-5-17(13-23(21)28-20)25(15(2)3)32-11-9-16(10-12-32)24-19-7-6-18(27)14-22(19)30-31-24/h5-8,13-16,25H,4,9-12H2,1-3H3,(H,29,33)(H,30,31). The average Bonchev–Trinajstić information content (AvgIpc) is 3.22. The van der Waals surface area contributed by atoms with Crippen LogP contribution in [0.15, 0.2) is 41.2 Å². The number of aromatic nitrogens is 4. The van der Waals surface area contributed by atoms with Crippen molar-refractivity contribution in [3.8, 4) is 0 Å². The van der Waals surface area contributed by atoms with Gasteiger partial charge in [-0.2, -0.15) is 5.10 Å². The number of hydrogen-bond acceptors (Lipinski definition) is 4. The first-order valence-electron chi connectivity index (χ1n) is 11.8. The topological polar surface area (TPSA) is 77.7 Å². The van der Waals surface area contributed by atoms with E-state index >= 15 is 0 Å². The van der Waals surface area contributed by atoms with Crippen LogP contribution in [0.3, 0.4) is 0 Å². The maximum Gasteiger partial charge on any atom is 0.270 e. The normalized spacial score (nSPS) is 16.8. The highest BCUT2D eigenvalue weighted by Crippen LogP contribution is 2.37. The number of likely N-dealkylation sites (tertiary alicyclic amines) is 1. The first-order valence-corrected chi connectivity index (χ1v) is 11.8. The van der Waals surface area contributed by atoms with E-state index in [-0.39, 0.29) is 17.4 Å². The molecule has 2 N–H and O–H groups in total. The fourth-order valence-electron chi connectivity index (χ4n) is 5.35. The van der Waals surface area contributed by atoms with Crippen LogP contribution in [0.4, 0.5) is 4.39 Å². The molecule has 1 aliphatic heterocycles. The van der Waals surface area contributed by atoms with Crippen molar-refractivity contribution in [1.82, 2.24) is 25.1 Å². The number of aryl methyl sites for hydroxylation is 1. The van der Waals surface area contributed by atoms with Crippen LogP contribution in [0.5, 0.6) is 0 Å². The molecule has 0 radical (unpaired) electrons. The predicted octanol–water partition coefficient (Wildman–Crippen LogP) is 5.08. The number of rotatable bonds is 5. The summed E-state index contributed by atoms with van der Waals surface area (Å²) >= 11 is 0. The second-order valence-corrected chi connectivity index (χ2v) is 9.44. The van der Waals surface area contributed by atoms with E-state index in [1.807, 2.05) is 19.1 Å². The monoisotopic (exact) mass is 447 g/mol. The van der Waals surface area contributed by atoms with Crippen molar-refractivity contribution in [2.75, 3.05) is 13.1 Å². The maximum absolute atomic E-state index is 13.5. The van der Waals surface area contributed by atoms with Gasteiger partial charge in [0.2, 0.25) is 0 Å². The van der Waals surface area contributed by atoms with Gasteiger partial charge in [0.25, 0.3) is 5.56 Å². The summed E-state index contributed by atoms with van der Waals surface area (Å²) in [5, 5.41) is 8.56. The Labute approximate surface area is 192 Å². The largest absolute Gasteiger partial charge is 0.319 e. The highest BCUT2D eigenvalue weighted by atomic mass is 19.1. The Morgan fingerprint density at radius 3 is 2.64 bits per heavy atom. The predicted molar refractivity (Wildman–Crippen MR) is 129 cm³/mol. The molecule has 2 aromatic carbocycles. The molecule has 0 spiro atoms. The summed E-state index contributed by atoms with van der Waals surface area (Å²) in [5.74, 6) is 0.553. The fourth-order valence-corrected chi connectivity index (χ4v) is 5.35. The summed E-state index contributed by atoms with van der Waals surface area (Å²) in [5.41, 5.74) is 5.15. The van der Waals surface area contributed by atoms with Crippen LogP contribution in [-0.4, -0.2) is 38.2 Å². The van der Waals surface area contributed by atoms with Gasteiger partial charge in [-0.3, -0.25) is 14.8 Å². The molecule has 0 amide bonds. The second kappa shape index (κ2) is 8.71. The average molecular weight is 448 g/mol. The van der Waals surface area contributed by atoms with Crippen LogP contribution in [-0.2, 0) is 6.42 Å². The molecule has 6 nitrogen and oxygen atoms in total. The number of nitrogens with one attached hydrogen (secondary N) is 2. The van der Waals surface area contributed by atoms with E-state index in [0.717, 1.165) is 53.6 Å². The second-order valence-electron chi connectivity index (χ2n) is 9.44. The molecule has 1 atom stereocenters. The highest BCUT2D eigenvalue weighted by molar-refractivity contribution is 5.81. The first-order chi connectivity index (χ1) is 15.9. The van der Waals surface area contributed by atoms with E-state index in [0.29, 0.717) is 24.0 Å². The molecular weight excluding hydrogens is 417 g/mol. The number of hydrogen-bond donors (Lipinski definition) is 2. The van der Waals surface area contributed by atoms with E-state index in [1.54, 1.807) is 0 Å². The van der Waals surface area contributed by atoms with Gasteiger partial charge in [0.15, 0.2) is 0 Å². The lowest BCUT2D eigenvalue weighted by molar-refractivity contribution is 0.119. The van der Waals surface area contributed by atoms with Crippen molar-refractivity contribution in [3.63, 3.8) is 0 Å². The lowest BCUT2D eigenvalue weighted by atomic mass is 9.87. The van der Waals surface area contributed by atoms with Crippen molar-refractivity contribution in [2.45, 2.75) is 52.0 Å². The van der Waals surface area contributed by atoms with Crippen LogP contribution in [0, 0.1) is 11.7 Å². The summed E-state index contributed by atoms with van der Waals surface area (Å²) in [4.78, 5) is 22.3. The highest BCUT2D eigenvalue weighted by Gasteiger charge is 2.30. The van der Waals surface area contributed by atoms with Gasteiger partial charge in [-0.25, -0.2) is 9.37 Å². The van der Waals surface area contributed by atoms with E-state index in [4.69, 9.17) is 0 Å². The zero-order chi connectivity index (χ0) is 23.1. The summed E-state index contributed by atoms with van der Waals surface area (Å²) in [6.07, 6.45) is 2.64. The number of piperidine rings is 1. The van der Waals surface area contributed by atoms with Crippen LogP contribution in [0.25, 0.3) is 21.9 Å². The summed E-state index contributed by atoms with van der Waals surface area (Å²) in [6, 6.07) is 11.4. The van der Waals surface area contributed by atoms with Gasteiger partial charge in [0, 0.05) is 17.3 Å². The fraction of sp³-hybridized carbons (Fsp3) is 0.423. The molecule has 172 valence electrons. The van der Waals surface area contributed by atoms with Gasteiger partial charge >= 0.3 is 0 Å².